The molecule has 1 aliphatic heterocycles. The molecule has 3 amide bonds. The fourth-order valence-corrected chi connectivity index (χ4v) is 5.05. The van der Waals surface area contributed by atoms with Crippen molar-refractivity contribution in [3.8, 4) is 5.69 Å². The van der Waals surface area contributed by atoms with Gasteiger partial charge in [0.15, 0.2) is 0 Å². The fourth-order valence-electron chi connectivity index (χ4n) is 5.05. The molecule has 0 spiro atoms. The lowest BCUT2D eigenvalue weighted by Gasteiger charge is -2.24. The topological polar surface area (TPSA) is 88.5 Å². The first-order valence-electron chi connectivity index (χ1n) is 12.5. The van der Waals surface area contributed by atoms with Gasteiger partial charge in [0.2, 0.25) is 0 Å². The van der Waals surface area contributed by atoms with Gasteiger partial charge in [-0.2, -0.15) is 5.10 Å². The highest BCUT2D eigenvalue weighted by atomic mass is 16.6. The predicted octanol–water partition coefficient (Wildman–Crippen LogP) is 4.89. The van der Waals surface area contributed by atoms with Gasteiger partial charge in [-0.25, -0.2) is 14.3 Å². The summed E-state index contributed by atoms with van der Waals surface area (Å²) < 4.78 is 7.43. The van der Waals surface area contributed by atoms with Crippen molar-refractivity contribution in [2.75, 3.05) is 18.4 Å². The van der Waals surface area contributed by atoms with Gasteiger partial charge < -0.3 is 15.0 Å². The summed E-state index contributed by atoms with van der Waals surface area (Å²) in [5, 5.41) is 11.0. The van der Waals surface area contributed by atoms with Crippen molar-refractivity contribution in [2.45, 2.75) is 57.6 Å². The van der Waals surface area contributed by atoms with E-state index < -0.39 is 5.60 Å². The Bertz CT molecular complexity index is 1230. The molecule has 2 aromatic carbocycles. The number of hydrogen-bond acceptors (Lipinski definition) is 4. The maximum Gasteiger partial charge on any atom is 0.410 e. The highest BCUT2D eigenvalue weighted by Gasteiger charge is 2.39. The Balaban J connectivity index is 1.36. The van der Waals surface area contributed by atoms with Crippen LogP contribution in [0.25, 0.3) is 5.69 Å². The molecule has 5 rings (SSSR count). The summed E-state index contributed by atoms with van der Waals surface area (Å²) in [7, 11) is 0. The van der Waals surface area contributed by atoms with E-state index in [0.717, 1.165) is 41.8 Å². The number of hydrogen-bond donors (Lipinski definition) is 2. The van der Waals surface area contributed by atoms with Crippen LogP contribution < -0.4 is 10.6 Å². The highest BCUT2D eigenvalue weighted by Crippen LogP contribution is 2.32. The van der Waals surface area contributed by atoms with Crippen LogP contribution in [-0.4, -0.2) is 51.5 Å². The van der Waals surface area contributed by atoms with Crippen molar-refractivity contribution < 1.29 is 14.3 Å². The molecule has 2 atom stereocenters. The second-order valence-corrected chi connectivity index (χ2v) is 10.5. The number of benzene rings is 2. The molecule has 188 valence electrons. The number of ether oxygens (including phenoxy) is 1. The van der Waals surface area contributed by atoms with Crippen molar-refractivity contribution >= 4 is 17.9 Å². The average molecular weight is 488 g/mol. The number of likely N-dealkylation sites (tertiary alicyclic amines) is 1. The number of aromatic nitrogens is 2. The number of rotatable bonds is 4. The molecule has 2 heterocycles. The SMILES string of the molecule is CC(C)(C)OC(=O)N1CC(NC(=O)Nc2c3c(nn2-c2ccccc2)CCC3)C(c2ccccc2)C1. The van der Waals surface area contributed by atoms with E-state index in [4.69, 9.17) is 9.84 Å². The number of nitrogens with one attached hydrogen (secondary N) is 2. The number of carbonyl (C=O) groups excluding carboxylic acids is 2. The molecule has 2 unspecified atom stereocenters. The van der Waals surface area contributed by atoms with Crippen molar-refractivity contribution in [1.82, 2.24) is 20.0 Å². The Labute approximate surface area is 211 Å². The smallest absolute Gasteiger partial charge is 0.410 e. The predicted molar refractivity (Wildman–Crippen MR) is 139 cm³/mol. The van der Waals surface area contributed by atoms with E-state index in [0.29, 0.717) is 18.9 Å². The molecule has 0 bridgehead atoms. The lowest BCUT2D eigenvalue weighted by Crippen LogP contribution is -2.43. The molecule has 3 aromatic rings. The van der Waals surface area contributed by atoms with Crippen LogP contribution in [0.15, 0.2) is 60.7 Å². The molecular weight excluding hydrogens is 454 g/mol. The minimum atomic E-state index is -0.585. The Morgan fingerprint density at radius 1 is 0.972 bits per heavy atom. The second kappa shape index (κ2) is 9.68. The molecule has 1 saturated heterocycles. The first-order valence-corrected chi connectivity index (χ1v) is 12.5. The lowest BCUT2D eigenvalue weighted by atomic mass is 9.94. The summed E-state index contributed by atoms with van der Waals surface area (Å²) in [5.74, 6) is 0.665. The maximum atomic E-state index is 13.3. The number of urea groups is 1. The van der Waals surface area contributed by atoms with Crippen LogP contribution in [0.4, 0.5) is 15.4 Å². The molecule has 8 heteroatoms. The van der Waals surface area contributed by atoms with Gasteiger partial charge in [0.25, 0.3) is 0 Å². The third-order valence-corrected chi connectivity index (χ3v) is 6.66. The van der Waals surface area contributed by atoms with Gasteiger partial charge in [0.1, 0.15) is 11.4 Å². The Morgan fingerprint density at radius 3 is 2.36 bits per heavy atom. The van der Waals surface area contributed by atoms with Gasteiger partial charge in [-0.1, -0.05) is 48.5 Å². The molecular formula is C28H33N5O3. The van der Waals surface area contributed by atoms with Gasteiger partial charge in [0, 0.05) is 24.6 Å². The summed E-state index contributed by atoms with van der Waals surface area (Å²) >= 11 is 0. The van der Waals surface area contributed by atoms with Crippen LogP contribution in [-0.2, 0) is 17.6 Å². The molecule has 2 aliphatic rings. The Hall–Kier alpha value is -3.81. The minimum absolute atomic E-state index is 0.0470. The first kappa shape index (κ1) is 23.9. The van der Waals surface area contributed by atoms with E-state index >= 15 is 0 Å². The molecule has 36 heavy (non-hydrogen) atoms. The normalized spacial score (nSPS) is 19.1. The van der Waals surface area contributed by atoms with Crippen molar-refractivity contribution in [2.24, 2.45) is 0 Å². The van der Waals surface area contributed by atoms with Crippen LogP contribution in [0, 0.1) is 0 Å². The zero-order valence-electron chi connectivity index (χ0n) is 21.0. The monoisotopic (exact) mass is 487 g/mol. The van der Waals surface area contributed by atoms with E-state index in [9.17, 15) is 9.59 Å². The van der Waals surface area contributed by atoms with Crippen LogP contribution in [0.5, 0.6) is 0 Å². The molecule has 1 aliphatic carbocycles. The number of carbonyl (C=O) groups is 2. The van der Waals surface area contributed by atoms with Gasteiger partial charge in [-0.15, -0.1) is 0 Å². The van der Waals surface area contributed by atoms with E-state index in [1.54, 1.807) is 4.90 Å². The third kappa shape index (κ3) is 5.08. The number of nitrogens with zero attached hydrogens (tertiary/aromatic N) is 3. The van der Waals surface area contributed by atoms with E-state index in [1.807, 2.05) is 86.1 Å². The van der Waals surface area contributed by atoms with Crippen LogP contribution in [0.3, 0.4) is 0 Å². The Morgan fingerprint density at radius 2 is 1.67 bits per heavy atom. The van der Waals surface area contributed by atoms with Gasteiger partial charge in [-0.3, -0.25) is 5.32 Å². The average Bonchev–Trinajstić information content (AvgIpc) is 3.55. The Kier molecular flexibility index (Phi) is 6.43. The van der Waals surface area contributed by atoms with Crippen molar-refractivity contribution in [1.29, 1.82) is 0 Å². The number of fused-ring (bicyclic) bond motifs is 1. The summed E-state index contributed by atoms with van der Waals surface area (Å²) in [6.45, 7) is 6.41. The van der Waals surface area contributed by atoms with Crippen molar-refractivity contribution in [3.63, 3.8) is 0 Å². The fraction of sp³-hybridized carbons (Fsp3) is 0.393. The second-order valence-electron chi connectivity index (χ2n) is 10.5. The zero-order chi connectivity index (χ0) is 25.3. The number of para-hydroxylation sites is 1. The zero-order valence-corrected chi connectivity index (χ0v) is 21.0. The first-order chi connectivity index (χ1) is 17.3. The molecule has 0 saturated carbocycles. The third-order valence-electron chi connectivity index (χ3n) is 6.66. The van der Waals surface area contributed by atoms with Gasteiger partial charge >= 0.3 is 12.1 Å². The standard InChI is InChI=1S/C28H33N5O3/c1-28(2,3)36-27(35)32-17-22(19-11-6-4-7-12-19)24(18-32)29-26(34)30-25-21-15-10-16-23(21)31-33(25)20-13-8-5-9-14-20/h4-9,11-14,22,24H,10,15-18H2,1-3H3,(H2,29,30,34). The number of aryl methyl sites for hydroxylation is 1. The summed E-state index contributed by atoms with van der Waals surface area (Å²) in [6.07, 6.45) is 2.47. The molecule has 8 nitrogen and oxygen atoms in total. The largest absolute Gasteiger partial charge is 0.444 e. The van der Waals surface area contributed by atoms with Crippen LogP contribution in [0.2, 0.25) is 0 Å². The van der Waals surface area contributed by atoms with E-state index in [1.165, 1.54) is 0 Å². The van der Waals surface area contributed by atoms with Crippen LogP contribution in [0.1, 0.15) is 49.9 Å². The van der Waals surface area contributed by atoms with Crippen LogP contribution >= 0.6 is 0 Å². The highest BCUT2D eigenvalue weighted by molar-refractivity contribution is 5.90. The van der Waals surface area contributed by atoms with Crippen molar-refractivity contribution in [3.05, 3.63) is 77.5 Å². The summed E-state index contributed by atoms with van der Waals surface area (Å²) in [6, 6.07) is 19.2. The lowest BCUT2D eigenvalue weighted by molar-refractivity contribution is 0.0289. The van der Waals surface area contributed by atoms with Gasteiger partial charge in [0.05, 0.1) is 17.4 Å². The maximum absolute atomic E-state index is 13.3. The summed E-state index contributed by atoms with van der Waals surface area (Å²) in [4.78, 5) is 27.8. The number of amides is 3. The molecule has 1 aromatic heterocycles. The minimum Gasteiger partial charge on any atom is -0.444 e. The molecule has 2 N–H and O–H groups in total. The summed E-state index contributed by atoms with van der Waals surface area (Å²) in [5.41, 5.74) is 3.52. The van der Waals surface area contributed by atoms with E-state index in [-0.39, 0.29) is 24.1 Å². The van der Waals surface area contributed by atoms with Gasteiger partial charge in [-0.05, 0) is 57.7 Å². The quantitative estimate of drug-likeness (QED) is 0.549. The molecule has 1 fully saturated rings. The number of anilines is 1. The van der Waals surface area contributed by atoms with E-state index in [2.05, 4.69) is 10.6 Å². The molecule has 0 radical (unpaired) electrons.